The van der Waals surface area contributed by atoms with Crippen molar-refractivity contribution in [2.75, 3.05) is 19.9 Å². The van der Waals surface area contributed by atoms with Crippen molar-refractivity contribution < 1.29 is 9.53 Å². The normalized spacial score (nSPS) is 12.0. The summed E-state index contributed by atoms with van der Waals surface area (Å²) in [5, 5.41) is 3.30. The Morgan fingerprint density at radius 2 is 2.29 bits per heavy atom. The van der Waals surface area contributed by atoms with Crippen LogP contribution in [0.5, 0.6) is 5.75 Å². The standard InChI is InChI=1S/C12H16BrNO2S/c1-8(17-3)7-14-12(15)10-6-9(16-2)4-5-11(10)13/h4-6,8H,7H2,1-3H3,(H,14,15). The van der Waals surface area contributed by atoms with E-state index in [0.29, 0.717) is 23.1 Å². The van der Waals surface area contributed by atoms with Crippen LogP contribution in [0, 0.1) is 0 Å². The van der Waals surface area contributed by atoms with Crippen LogP contribution in [0.3, 0.4) is 0 Å². The summed E-state index contributed by atoms with van der Waals surface area (Å²) >= 11 is 5.09. The first-order valence-electron chi connectivity index (χ1n) is 5.23. The molecule has 0 aliphatic heterocycles. The largest absolute Gasteiger partial charge is 0.497 e. The molecule has 0 saturated heterocycles. The van der Waals surface area contributed by atoms with Crippen molar-refractivity contribution in [3.05, 3.63) is 28.2 Å². The topological polar surface area (TPSA) is 38.3 Å². The maximum absolute atomic E-state index is 11.9. The summed E-state index contributed by atoms with van der Waals surface area (Å²) in [6, 6.07) is 5.35. The molecule has 0 bridgehead atoms. The molecule has 0 aliphatic rings. The second-order valence-corrected chi connectivity index (χ2v) is 5.73. The monoisotopic (exact) mass is 317 g/mol. The van der Waals surface area contributed by atoms with Gasteiger partial charge in [-0.25, -0.2) is 0 Å². The first-order valence-corrected chi connectivity index (χ1v) is 7.31. The number of amides is 1. The highest BCUT2D eigenvalue weighted by Crippen LogP contribution is 2.22. The highest BCUT2D eigenvalue weighted by Gasteiger charge is 2.11. The van der Waals surface area contributed by atoms with Gasteiger partial charge in [-0.2, -0.15) is 11.8 Å². The van der Waals surface area contributed by atoms with Crippen molar-refractivity contribution in [1.82, 2.24) is 5.32 Å². The maximum Gasteiger partial charge on any atom is 0.252 e. The van der Waals surface area contributed by atoms with Crippen LogP contribution in [0.15, 0.2) is 22.7 Å². The molecule has 94 valence electrons. The SMILES string of the molecule is COc1ccc(Br)c(C(=O)NCC(C)SC)c1. The van der Waals surface area contributed by atoms with Crippen molar-refractivity contribution in [1.29, 1.82) is 0 Å². The molecule has 0 aliphatic carbocycles. The van der Waals surface area contributed by atoms with Crippen LogP contribution in [-0.2, 0) is 0 Å². The zero-order valence-electron chi connectivity index (χ0n) is 10.1. The first-order chi connectivity index (χ1) is 8.08. The maximum atomic E-state index is 11.9. The van der Waals surface area contributed by atoms with Crippen molar-refractivity contribution in [3.63, 3.8) is 0 Å². The van der Waals surface area contributed by atoms with Gasteiger partial charge in [0.25, 0.3) is 5.91 Å². The van der Waals surface area contributed by atoms with E-state index in [0.717, 1.165) is 4.47 Å². The van der Waals surface area contributed by atoms with E-state index < -0.39 is 0 Å². The van der Waals surface area contributed by atoms with Crippen LogP contribution < -0.4 is 10.1 Å². The van der Waals surface area contributed by atoms with Crippen molar-refractivity contribution in [2.24, 2.45) is 0 Å². The van der Waals surface area contributed by atoms with Gasteiger partial charge in [-0.1, -0.05) is 6.92 Å². The van der Waals surface area contributed by atoms with Crippen LogP contribution in [0.2, 0.25) is 0 Å². The van der Waals surface area contributed by atoms with E-state index in [1.165, 1.54) is 0 Å². The Balaban J connectivity index is 2.74. The van der Waals surface area contributed by atoms with E-state index in [2.05, 4.69) is 28.2 Å². The van der Waals surface area contributed by atoms with Crippen molar-refractivity contribution in [3.8, 4) is 5.75 Å². The Labute approximate surface area is 114 Å². The van der Waals surface area contributed by atoms with Crippen LogP contribution in [0.4, 0.5) is 0 Å². The second-order valence-electron chi connectivity index (χ2n) is 3.60. The molecule has 3 nitrogen and oxygen atoms in total. The first kappa shape index (κ1) is 14.4. The fraction of sp³-hybridized carbons (Fsp3) is 0.417. The van der Waals surface area contributed by atoms with Gasteiger partial charge in [-0.05, 0) is 40.4 Å². The molecular weight excluding hydrogens is 302 g/mol. The molecule has 1 aromatic rings. The molecule has 1 N–H and O–H groups in total. The minimum absolute atomic E-state index is 0.0864. The van der Waals surface area contributed by atoms with E-state index in [1.54, 1.807) is 24.9 Å². The average Bonchev–Trinajstić information content (AvgIpc) is 2.36. The third-order valence-corrected chi connectivity index (χ3v) is 4.03. The minimum atomic E-state index is -0.0864. The number of thioether (sulfide) groups is 1. The highest BCUT2D eigenvalue weighted by molar-refractivity contribution is 9.10. The molecule has 1 atom stereocenters. The quantitative estimate of drug-likeness (QED) is 0.907. The van der Waals surface area contributed by atoms with E-state index in [-0.39, 0.29) is 5.91 Å². The van der Waals surface area contributed by atoms with E-state index >= 15 is 0 Å². The Hall–Kier alpha value is -0.680. The summed E-state index contributed by atoms with van der Waals surface area (Å²) in [6.45, 7) is 2.73. The number of carbonyl (C=O) groups excluding carboxylic acids is 1. The van der Waals surface area contributed by atoms with Gasteiger partial charge in [0.2, 0.25) is 0 Å². The summed E-state index contributed by atoms with van der Waals surface area (Å²) in [5.41, 5.74) is 0.595. The minimum Gasteiger partial charge on any atom is -0.497 e. The van der Waals surface area contributed by atoms with Crippen LogP contribution >= 0.6 is 27.7 Å². The van der Waals surface area contributed by atoms with Gasteiger partial charge in [0.15, 0.2) is 0 Å². The predicted octanol–water partition coefficient (Wildman–Crippen LogP) is 2.94. The number of nitrogens with one attached hydrogen (secondary N) is 1. The Morgan fingerprint density at radius 1 is 1.59 bits per heavy atom. The Kier molecular flexibility index (Phi) is 5.85. The molecular formula is C12H16BrNO2S. The third-order valence-electron chi connectivity index (χ3n) is 2.37. The highest BCUT2D eigenvalue weighted by atomic mass is 79.9. The molecule has 0 radical (unpaired) electrons. The molecule has 1 amide bonds. The summed E-state index contributed by atoms with van der Waals surface area (Å²) in [7, 11) is 1.58. The van der Waals surface area contributed by atoms with Crippen LogP contribution in [-0.4, -0.2) is 31.1 Å². The smallest absolute Gasteiger partial charge is 0.252 e. The van der Waals surface area contributed by atoms with E-state index in [4.69, 9.17) is 4.74 Å². The van der Waals surface area contributed by atoms with Crippen LogP contribution in [0.25, 0.3) is 0 Å². The third kappa shape index (κ3) is 4.24. The lowest BCUT2D eigenvalue weighted by atomic mass is 10.2. The number of halogens is 1. The molecule has 17 heavy (non-hydrogen) atoms. The van der Waals surface area contributed by atoms with Gasteiger partial charge in [0.05, 0.1) is 12.7 Å². The van der Waals surface area contributed by atoms with Crippen LogP contribution in [0.1, 0.15) is 17.3 Å². The fourth-order valence-corrected chi connectivity index (χ4v) is 1.90. The molecule has 0 aromatic heterocycles. The zero-order chi connectivity index (χ0) is 12.8. The molecule has 5 heteroatoms. The van der Waals surface area contributed by atoms with Gasteiger partial charge in [-0.3, -0.25) is 4.79 Å². The number of hydrogen-bond acceptors (Lipinski definition) is 3. The van der Waals surface area contributed by atoms with E-state index in [1.807, 2.05) is 18.4 Å². The Bertz CT molecular complexity index is 398. The molecule has 0 saturated carbocycles. The molecule has 0 spiro atoms. The average molecular weight is 318 g/mol. The van der Waals surface area contributed by atoms with Crippen molar-refractivity contribution >= 4 is 33.6 Å². The Morgan fingerprint density at radius 3 is 2.88 bits per heavy atom. The van der Waals surface area contributed by atoms with Gasteiger partial charge in [0, 0.05) is 16.3 Å². The molecule has 0 heterocycles. The fourth-order valence-electron chi connectivity index (χ4n) is 1.22. The lowest BCUT2D eigenvalue weighted by Crippen LogP contribution is -2.29. The van der Waals surface area contributed by atoms with Gasteiger partial charge in [0.1, 0.15) is 5.75 Å². The van der Waals surface area contributed by atoms with Crippen molar-refractivity contribution in [2.45, 2.75) is 12.2 Å². The second kappa shape index (κ2) is 6.91. The number of rotatable bonds is 5. The number of hydrogen-bond donors (Lipinski definition) is 1. The van der Waals surface area contributed by atoms with Gasteiger partial charge in [-0.15, -0.1) is 0 Å². The molecule has 1 rings (SSSR count). The number of methoxy groups -OCH3 is 1. The van der Waals surface area contributed by atoms with Gasteiger partial charge < -0.3 is 10.1 Å². The lowest BCUT2D eigenvalue weighted by Gasteiger charge is -2.11. The lowest BCUT2D eigenvalue weighted by molar-refractivity contribution is 0.0953. The summed E-state index contributed by atoms with van der Waals surface area (Å²) in [5.74, 6) is 0.591. The number of ether oxygens (including phenoxy) is 1. The zero-order valence-corrected chi connectivity index (χ0v) is 12.5. The molecule has 1 unspecified atom stereocenters. The summed E-state index contributed by atoms with van der Waals surface area (Å²) < 4.78 is 5.87. The molecule has 0 fully saturated rings. The predicted molar refractivity (Wildman–Crippen MR) is 76.0 cm³/mol. The number of benzene rings is 1. The summed E-state index contributed by atoms with van der Waals surface area (Å²) in [6.07, 6.45) is 2.03. The van der Waals surface area contributed by atoms with E-state index in [9.17, 15) is 4.79 Å². The number of carbonyl (C=O) groups is 1. The summed E-state index contributed by atoms with van der Waals surface area (Å²) in [4.78, 5) is 11.9. The molecule has 1 aromatic carbocycles. The van der Waals surface area contributed by atoms with Gasteiger partial charge >= 0.3 is 0 Å².